The minimum Gasteiger partial charge on any atom is -0.384 e. The van der Waals surface area contributed by atoms with Crippen LogP contribution < -0.4 is 5.48 Å². The quantitative estimate of drug-likeness (QED) is 0.469. The van der Waals surface area contributed by atoms with Gasteiger partial charge in [-0.15, -0.1) is 0 Å². The van der Waals surface area contributed by atoms with Crippen molar-refractivity contribution in [1.29, 1.82) is 0 Å². The average Bonchev–Trinajstić information content (AvgIpc) is 1.98. The van der Waals surface area contributed by atoms with Crippen molar-refractivity contribution >= 4 is 0 Å². The van der Waals surface area contributed by atoms with Crippen molar-refractivity contribution in [2.75, 3.05) is 26.9 Å². The van der Waals surface area contributed by atoms with E-state index in [-0.39, 0.29) is 0 Å². The second-order valence-electron chi connectivity index (χ2n) is 3.61. The fourth-order valence-corrected chi connectivity index (χ4v) is 0.770. The molecule has 0 heterocycles. The SMILES string of the molecule is COCC(C)CNOCC(C)C. The number of nitrogens with one attached hydrogen (secondary N) is 1. The molecule has 12 heavy (non-hydrogen) atoms. The van der Waals surface area contributed by atoms with Crippen LogP contribution in [0.4, 0.5) is 0 Å². The Morgan fingerprint density at radius 1 is 1.17 bits per heavy atom. The second-order valence-corrected chi connectivity index (χ2v) is 3.61. The summed E-state index contributed by atoms with van der Waals surface area (Å²) in [6, 6.07) is 0. The predicted molar refractivity (Wildman–Crippen MR) is 49.8 cm³/mol. The van der Waals surface area contributed by atoms with Crippen molar-refractivity contribution in [3.8, 4) is 0 Å². The van der Waals surface area contributed by atoms with Crippen LogP contribution in [-0.2, 0) is 9.57 Å². The molecule has 0 aliphatic heterocycles. The van der Waals surface area contributed by atoms with Crippen molar-refractivity contribution in [1.82, 2.24) is 5.48 Å². The van der Waals surface area contributed by atoms with E-state index in [4.69, 9.17) is 9.57 Å². The zero-order valence-electron chi connectivity index (χ0n) is 8.59. The van der Waals surface area contributed by atoms with Crippen LogP contribution in [-0.4, -0.2) is 26.9 Å². The van der Waals surface area contributed by atoms with Crippen molar-refractivity contribution in [3.63, 3.8) is 0 Å². The van der Waals surface area contributed by atoms with Gasteiger partial charge in [0.25, 0.3) is 0 Å². The first-order chi connectivity index (χ1) is 5.66. The largest absolute Gasteiger partial charge is 0.384 e. The first kappa shape index (κ1) is 11.9. The zero-order valence-corrected chi connectivity index (χ0v) is 8.59. The predicted octanol–water partition coefficient (Wildman–Crippen LogP) is 1.45. The molecule has 0 fully saturated rings. The van der Waals surface area contributed by atoms with Gasteiger partial charge in [0, 0.05) is 13.7 Å². The molecular formula is C9H21NO2. The molecule has 0 aliphatic carbocycles. The molecule has 0 bridgehead atoms. The molecule has 0 aromatic carbocycles. The third-order valence-electron chi connectivity index (χ3n) is 1.40. The van der Waals surface area contributed by atoms with Gasteiger partial charge in [-0.25, -0.2) is 5.48 Å². The van der Waals surface area contributed by atoms with Gasteiger partial charge in [0.05, 0.1) is 13.2 Å². The van der Waals surface area contributed by atoms with Crippen LogP contribution in [0.1, 0.15) is 20.8 Å². The monoisotopic (exact) mass is 175 g/mol. The maximum Gasteiger partial charge on any atom is 0.0705 e. The van der Waals surface area contributed by atoms with Gasteiger partial charge in [-0.05, 0) is 11.8 Å². The molecule has 0 aliphatic rings. The number of hydrogen-bond acceptors (Lipinski definition) is 3. The Labute approximate surface area is 75.4 Å². The fraction of sp³-hybridized carbons (Fsp3) is 1.00. The number of methoxy groups -OCH3 is 1. The molecule has 74 valence electrons. The first-order valence-corrected chi connectivity index (χ1v) is 4.50. The summed E-state index contributed by atoms with van der Waals surface area (Å²) in [5.74, 6) is 1.08. The molecule has 0 rings (SSSR count). The van der Waals surface area contributed by atoms with E-state index in [0.717, 1.165) is 19.8 Å². The summed E-state index contributed by atoms with van der Waals surface area (Å²) >= 11 is 0. The Bertz CT molecular complexity index is 96.5. The molecule has 3 heteroatoms. The number of hydrogen-bond donors (Lipinski definition) is 1. The van der Waals surface area contributed by atoms with Crippen LogP contribution in [0.5, 0.6) is 0 Å². The molecule has 1 unspecified atom stereocenters. The standard InChI is InChI=1S/C9H21NO2/c1-8(2)6-12-10-5-9(3)7-11-4/h8-10H,5-7H2,1-4H3. The minimum absolute atomic E-state index is 0.502. The van der Waals surface area contributed by atoms with Gasteiger partial charge in [-0.1, -0.05) is 20.8 Å². The van der Waals surface area contributed by atoms with Gasteiger partial charge in [0.2, 0.25) is 0 Å². The molecule has 1 atom stereocenters. The van der Waals surface area contributed by atoms with Gasteiger partial charge < -0.3 is 9.57 Å². The molecule has 0 spiro atoms. The lowest BCUT2D eigenvalue weighted by Gasteiger charge is -2.12. The van der Waals surface area contributed by atoms with Crippen molar-refractivity contribution in [2.24, 2.45) is 11.8 Å². The third-order valence-corrected chi connectivity index (χ3v) is 1.40. The van der Waals surface area contributed by atoms with Gasteiger partial charge >= 0.3 is 0 Å². The highest BCUT2D eigenvalue weighted by atomic mass is 16.6. The van der Waals surface area contributed by atoms with Gasteiger partial charge in [-0.3, -0.25) is 0 Å². The third kappa shape index (κ3) is 7.98. The van der Waals surface area contributed by atoms with E-state index in [2.05, 4.69) is 26.3 Å². The van der Waals surface area contributed by atoms with E-state index < -0.39 is 0 Å². The van der Waals surface area contributed by atoms with E-state index in [1.807, 2.05) is 0 Å². The highest BCUT2D eigenvalue weighted by molar-refractivity contribution is 4.50. The Morgan fingerprint density at radius 2 is 1.83 bits per heavy atom. The lowest BCUT2D eigenvalue weighted by atomic mass is 10.2. The average molecular weight is 175 g/mol. The second kappa shape index (κ2) is 7.53. The lowest BCUT2D eigenvalue weighted by Crippen LogP contribution is -2.25. The van der Waals surface area contributed by atoms with E-state index >= 15 is 0 Å². The van der Waals surface area contributed by atoms with Crippen LogP contribution in [0.3, 0.4) is 0 Å². The summed E-state index contributed by atoms with van der Waals surface area (Å²) in [7, 11) is 1.71. The maximum absolute atomic E-state index is 5.21. The highest BCUT2D eigenvalue weighted by Gasteiger charge is 2.00. The lowest BCUT2D eigenvalue weighted by molar-refractivity contribution is 0.0104. The Kier molecular flexibility index (Phi) is 7.45. The fourth-order valence-electron chi connectivity index (χ4n) is 0.770. The van der Waals surface area contributed by atoms with Crippen molar-refractivity contribution < 1.29 is 9.57 Å². The zero-order chi connectivity index (χ0) is 9.40. The number of rotatable bonds is 7. The molecular weight excluding hydrogens is 154 g/mol. The molecule has 0 aromatic rings. The minimum atomic E-state index is 0.502. The van der Waals surface area contributed by atoms with Gasteiger partial charge in [-0.2, -0.15) is 0 Å². The first-order valence-electron chi connectivity index (χ1n) is 4.50. The van der Waals surface area contributed by atoms with Crippen LogP contribution in [0.2, 0.25) is 0 Å². The van der Waals surface area contributed by atoms with Crippen molar-refractivity contribution in [3.05, 3.63) is 0 Å². The van der Waals surface area contributed by atoms with E-state index in [0.29, 0.717) is 11.8 Å². The number of ether oxygens (including phenoxy) is 1. The Morgan fingerprint density at radius 3 is 2.33 bits per heavy atom. The molecule has 0 saturated carbocycles. The van der Waals surface area contributed by atoms with Crippen molar-refractivity contribution in [2.45, 2.75) is 20.8 Å². The van der Waals surface area contributed by atoms with Crippen LogP contribution >= 0.6 is 0 Å². The van der Waals surface area contributed by atoms with Crippen LogP contribution in [0.25, 0.3) is 0 Å². The van der Waals surface area contributed by atoms with Gasteiger partial charge in [0.1, 0.15) is 0 Å². The smallest absolute Gasteiger partial charge is 0.0705 e. The summed E-state index contributed by atoms with van der Waals surface area (Å²) in [5, 5.41) is 0. The highest BCUT2D eigenvalue weighted by Crippen LogP contribution is 1.93. The molecule has 0 amide bonds. The van der Waals surface area contributed by atoms with E-state index in [1.54, 1.807) is 7.11 Å². The summed E-state index contributed by atoms with van der Waals surface area (Å²) in [4.78, 5) is 5.21. The van der Waals surface area contributed by atoms with E-state index in [1.165, 1.54) is 0 Å². The summed E-state index contributed by atoms with van der Waals surface area (Å²) < 4.78 is 4.99. The van der Waals surface area contributed by atoms with Crippen LogP contribution in [0, 0.1) is 11.8 Å². The molecule has 1 N–H and O–H groups in total. The normalized spacial score (nSPS) is 13.8. The summed E-state index contributed by atoms with van der Waals surface area (Å²) in [6.07, 6.45) is 0. The topological polar surface area (TPSA) is 30.5 Å². The molecule has 0 aromatic heterocycles. The van der Waals surface area contributed by atoms with E-state index in [9.17, 15) is 0 Å². The van der Waals surface area contributed by atoms with Crippen LogP contribution in [0.15, 0.2) is 0 Å². The molecule has 3 nitrogen and oxygen atoms in total. The Hall–Kier alpha value is -0.120. The maximum atomic E-state index is 5.21. The number of hydroxylamine groups is 1. The molecule has 0 saturated heterocycles. The molecule has 0 radical (unpaired) electrons. The summed E-state index contributed by atoms with van der Waals surface area (Å²) in [5.41, 5.74) is 2.92. The summed E-state index contributed by atoms with van der Waals surface area (Å²) in [6.45, 7) is 8.76. The Balaban J connectivity index is 3.08. The van der Waals surface area contributed by atoms with Gasteiger partial charge in [0.15, 0.2) is 0 Å².